The lowest BCUT2D eigenvalue weighted by Crippen LogP contribution is -2.33. The smallest absolute Gasteiger partial charge is 0.178 e. The Balaban J connectivity index is 2.00. The van der Waals surface area contributed by atoms with Gasteiger partial charge in [0.25, 0.3) is 0 Å². The molecular formula is C15H23NO3S. The second kappa shape index (κ2) is 6.59. The normalized spacial score (nSPS) is 23.5. The molecule has 20 heavy (non-hydrogen) atoms. The summed E-state index contributed by atoms with van der Waals surface area (Å²) in [5, 5.41) is 3.47. The first-order valence-electron chi connectivity index (χ1n) is 7.26. The molecule has 0 bridgehead atoms. The minimum absolute atomic E-state index is 0.137. The quantitative estimate of drug-likeness (QED) is 0.908. The molecule has 1 aliphatic heterocycles. The van der Waals surface area contributed by atoms with Gasteiger partial charge in [-0.25, -0.2) is 8.42 Å². The van der Waals surface area contributed by atoms with Crippen LogP contribution in [0, 0.1) is 0 Å². The van der Waals surface area contributed by atoms with E-state index in [4.69, 9.17) is 4.74 Å². The second-order valence-electron chi connectivity index (χ2n) is 5.19. The van der Waals surface area contributed by atoms with E-state index in [1.807, 2.05) is 12.1 Å². The van der Waals surface area contributed by atoms with Crippen LogP contribution >= 0.6 is 0 Å². The number of anilines is 1. The number of benzene rings is 1. The molecule has 2 unspecified atom stereocenters. The van der Waals surface area contributed by atoms with Crippen LogP contribution in [0.3, 0.4) is 0 Å². The molecule has 1 N–H and O–H groups in total. The Bertz CT molecular complexity index is 525. The van der Waals surface area contributed by atoms with Gasteiger partial charge in [0.15, 0.2) is 9.84 Å². The maximum Gasteiger partial charge on any atom is 0.178 e. The van der Waals surface area contributed by atoms with Crippen LogP contribution in [-0.4, -0.2) is 32.9 Å². The molecule has 1 aromatic rings. The summed E-state index contributed by atoms with van der Waals surface area (Å²) in [4.78, 5) is 0.393. The molecule has 0 amide bonds. The van der Waals surface area contributed by atoms with Crippen molar-refractivity contribution in [3.63, 3.8) is 0 Å². The molecule has 1 saturated heterocycles. The highest BCUT2D eigenvalue weighted by atomic mass is 32.2. The van der Waals surface area contributed by atoms with Crippen molar-refractivity contribution in [2.24, 2.45) is 0 Å². The summed E-state index contributed by atoms with van der Waals surface area (Å²) < 4.78 is 29.1. The Hall–Kier alpha value is -1.07. The number of rotatable bonds is 5. The summed E-state index contributed by atoms with van der Waals surface area (Å²) in [7, 11) is -3.11. The van der Waals surface area contributed by atoms with E-state index in [9.17, 15) is 8.42 Å². The Labute approximate surface area is 121 Å². The first kappa shape index (κ1) is 15.3. The van der Waals surface area contributed by atoms with E-state index in [-0.39, 0.29) is 5.75 Å². The van der Waals surface area contributed by atoms with Crippen LogP contribution in [0.25, 0.3) is 0 Å². The highest BCUT2D eigenvalue weighted by molar-refractivity contribution is 7.91. The summed E-state index contributed by atoms with van der Waals surface area (Å²) in [6, 6.07) is 7.45. The molecule has 0 aromatic heterocycles. The number of hydrogen-bond donors (Lipinski definition) is 1. The van der Waals surface area contributed by atoms with Gasteiger partial charge in [-0.1, -0.05) is 13.8 Å². The molecule has 1 aliphatic rings. The summed E-state index contributed by atoms with van der Waals surface area (Å²) in [6.45, 7) is 4.59. The van der Waals surface area contributed by atoms with E-state index in [0.717, 1.165) is 31.6 Å². The van der Waals surface area contributed by atoms with Crippen molar-refractivity contribution in [3.05, 3.63) is 24.3 Å². The Morgan fingerprint density at radius 3 is 2.55 bits per heavy atom. The summed E-state index contributed by atoms with van der Waals surface area (Å²) in [5.41, 5.74) is 0.974. The lowest BCUT2D eigenvalue weighted by atomic mass is 10.0. The van der Waals surface area contributed by atoms with Gasteiger partial charge in [-0.05, 0) is 43.5 Å². The lowest BCUT2D eigenvalue weighted by Gasteiger charge is -2.30. The lowest BCUT2D eigenvalue weighted by molar-refractivity contribution is 0.00925. The van der Waals surface area contributed by atoms with E-state index in [0.29, 0.717) is 17.0 Å². The second-order valence-corrected chi connectivity index (χ2v) is 7.47. The van der Waals surface area contributed by atoms with Gasteiger partial charge in [0.1, 0.15) is 0 Å². The molecular weight excluding hydrogens is 274 g/mol. The van der Waals surface area contributed by atoms with Crippen molar-refractivity contribution in [1.82, 2.24) is 0 Å². The first-order chi connectivity index (χ1) is 9.55. The fraction of sp³-hybridized carbons (Fsp3) is 0.600. The van der Waals surface area contributed by atoms with E-state index in [1.165, 1.54) is 0 Å². The minimum Gasteiger partial charge on any atom is -0.382 e. The van der Waals surface area contributed by atoms with Gasteiger partial charge in [0, 0.05) is 18.3 Å². The van der Waals surface area contributed by atoms with Crippen molar-refractivity contribution in [1.29, 1.82) is 0 Å². The van der Waals surface area contributed by atoms with Gasteiger partial charge in [-0.3, -0.25) is 0 Å². The fourth-order valence-corrected chi connectivity index (χ4v) is 3.34. The Morgan fingerprint density at radius 2 is 1.95 bits per heavy atom. The predicted molar refractivity (Wildman–Crippen MR) is 80.8 cm³/mol. The summed E-state index contributed by atoms with van der Waals surface area (Å²) >= 11 is 0. The number of nitrogens with one attached hydrogen (secondary N) is 1. The van der Waals surface area contributed by atoms with E-state index >= 15 is 0 Å². The highest BCUT2D eigenvalue weighted by Crippen LogP contribution is 2.21. The van der Waals surface area contributed by atoms with Crippen LogP contribution in [0.1, 0.15) is 33.1 Å². The largest absolute Gasteiger partial charge is 0.382 e. The van der Waals surface area contributed by atoms with Crippen molar-refractivity contribution >= 4 is 15.5 Å². The van der Waals surface area contributed by atoms with Gasteiger partial charge >= 0.3 is 0 Å². The maximum absolute atomic E-state index is 11.7. The van der Waals surface area contributed by atoms with Crippen LogP contribution in [0.4, 0.5) is 5.69 Å². The van der Waals surface area contributed by atoms with Crippen LogP contribution in [0.15, 0.2) is 29.2 Å². The van der Waals surface area contributed by atoms with Crippen LogP contribution < -0.4 is 5.32 Å². The molecule has 2 rings (SSSR count). The van der Waals surface area contributed by atoms with Crippen LogP contribution in [0.2, 0.25) is 0 Å². The van der Waals surface area contributed by atoms with E-state index < -0.39 is 9.84 Å². The minimum atomic E-state index is -3.11. The zero-order chi connectivity index (χ0) is 14.6. The van der Waals surface area contributed by atoms with E-state index in [2.05, 4.69) is 12.2 Å². The third-order valence-corrected chi connectivity index (χ3v) is 5.54. The van der Waals surface area contributed by atoms with Crippen LogP contribution in [0.5, 0.6) is 0 Å². The third kappa shape index (κ3) is 3.73. The van der Waals surface area contributed by atoms with Gasteiger partial charge in [0.2, 0.25) is 0 Å². The summed E-state index contributed by atoms with van der Waals surface area (Å²) in [5.74, 6) is 0.137. The molecule has 1 aromatic carbocycles. The number of sulfone groups is 1. The fourth-order valence-electron chi connectivity index (χ4n) is 2.46. The van der Waals surface area contributed by atoms with Gasteiger partial charge in [-0.15, -0.1) is 0 Å². The molecule has 112 valence electrons. The third-order valence-electron chi connectivity index (χ3n) is 3.79. The molecule has 0 aliphatic carbocycles. The van der Waals surface area contributed by atoms with Crippen molar-refractivity contribution < 1.29 is 13.2 Å². The van der Waals surface area contributed by atoms with Gasteiger partial charge in [-0.2, -0.15) is 0 Å². The number of ether oxygens (including phenoxy) is 1. The average molecular weight is 297 g/mol. The predicted octanol–water partition coefficient (Wildman–Crippen LogP) is 2.85. The molecule has 1 fully saturated rings. The SMILES string of the molecule is CCC1CC(Nc2ccc(S(=O)(=O)CC)cc2)CCO1. The molecule has 0 radical (unpaired) electrons. The Morgan fingerprint density at radius 1 is 1.25 bits per heavy atom. The molecule has 0 spiro atoms. The first-order valence-corrected chi connectivity index (χ1v) is 8.91. The number of hydrogen-bond acceptors (Lipinski definition) is 4. The highest BCUT2D eigenvalue weighted by Gasteiger charge is 2.21. The Kier molecular flexibility index (Phi) is 5.05. The molecule has 4 nitrogen and oxygen atoms in total. The van der Waals surface area contributed by atoms with Gasteiger partial charge in [0.05, 0.1) is 16.8 Å². The zero-order valence-corrected chi connectivity index (χ0v) is 12.9. The zero-order valence-electron chi connectivity index (χ0n) is 12.1. The van der Waals surface area contributed by atoms with Gasteiger partial charge < -0.3 is 10.1 Å². The van der Waals surface area contributed by atoms with Crippen molar-refractivity contribution in [2.45, 2.75) is 50.2 Å². The topological polar surface area (TPSA) is 55.4 Å². The maximum atomic E-state index is 11.7. The molecule has 1 heterocycles. The monoisotopic (exact) mass is 297 g/mol. The molecule has 0 saturated carbocycles. The molecule has 2 atom stereocenters. The standard InChI is InChI=1S/C15H23NO3S/c1-3-14-11-13(9-10-19-14)16-12-5-7-15(8-6-12)20(17,18)4-2/h5-8,13-14,16H,3-4,9-11H2,1-2H3. The summed E-state index contributed by atoms with van der Waals surface area (Å²) in [6.07, 6.45) is 3.36. The van der Waals surface area contributed by atoms with E-state index in [1.54, 1.807) is 19.1 Å². The van der Waals surface area contributed by atoms with Crippen LogP contribution in [-0.2, 0) is 14.6 Å². The molecule has 5 heteroatoms. The average Bonchev–Trinajstić information content (AvgIpc) is 2.48. The van der Waals surface area contributed by atoms with Crippen molar-refractivity contribution in [3.8, 4) is 0 Å². The van der Waals surface area contributed by atoms with Crippen molar-refractivity contribution in [2.75, 3.05) is 17.7 Å².